The number of carbonyl (C=O) groups is 1. The van der Waals surface area contributed by atoms with Gasteiger partial charge < -0.3 is 9.64 Å². The molecule has 9 heteroatoms. The maximum atomic E-state index is 13.1. The molecular formula is C20H32N4O4S. The molecule has 0 bridgehead atoms. The van der Waals surface area contributed by atoms with Crippen molar-refractivity contribution in [1.82, 2.24) is 19.0 Å². The van der Waals surface area contributed by atoms with E-state index in [0.717, 1.165) is 19.4 Å². The van der Waals surface area contributed by atoms with Crippen LogP contribution in [0.5, 0.6) is 0 Å². The quantitative estimate of drug-likeness (QED) is 0.735. The van der Waals surface area contributed by atoms with Crippen LogP contribution in [0.1, 0.15) is 49.9 Å². The molecule has 1 aliphatic carbocycles. The van der Waals surface area contributed by atoms with Gasteiger partial charge in [-0.05, 0) is 45.4 Å². The van der Waals surface area contributed by atoms with Gasteiger partial charge in [-0.25, -0.2) is 8.42 Å². The summed E-state index contributed by atoms with van der Waals surface area (Å²) in [5.74, 6) is 0.682. The fraction of sp³-hybridized carbons (Fsp3) is 0.800. The lowest BCUT2D eigenvalue weighted by Crippen LogP contribution is -2.50. The fourth-order valence-corrected chi connectivity index (χ4v) is 7.06. The highest BCUT2D eigenvalue weighted by Gasteiger charge is 2.37. The van der Waals surface area contributed by atoms with Crippen molar-refractivity contribution in [2.24, 2.45) is 5.92 Å². The van der Waals surface area contributed by atoms with Gasteiger partial charge in [0.25, 0.3) is 0 Å². The number of piperidine rings is 1. The SMILES string of the molecule is Cc1nn(CC(=O)N2CCC[C@@H]3CCCC[C@@H]32)c(C)c1S(=O)(=O)N1CCOCC1. The molecule has 3 fully saturated rings. The Morgan fingerprint density at radius 3 is 2.52 bits per heavy atom. The number of hydrogen-bond donors (Lipinski definition) is 0. The number of hydrogen-bond acceptors (Lipinski definition) is 5. The molecule has 0 aromatic carbocycles. The van der Waals surface area contributed by atoms with Crippen LogP contribution in [0.3, 0.4) is 0 Å². The van der Waals surface area contributed by atoms with E-state index in [1.165, 1.54) is 30.0 Å². The van der Waals surface area contributed by atoms with E-state index in [9.17, 15) is 13.2 Å². The first kappa shape index (κ1) is 20.8. The molecule has 0 unspecified atom stereocenters. The molecule has 2 aliphatic heterocycles. The van der Waals surface area contributed by atoms with Gasteiger partial charge in [0.15, 0.2) is 0 Å². The van der Waals surface area contributed by atoms with Gasteiger partial charge in [-0.2, -0.15) is 9.40 Å². The molecule has 1 amide bonds. The van der Waals surface area contributed by atoms with Gasteiger partial charge in [0.05, 0.1) is 24.6 Å². The molecule has 1 saturated carbocycles. The molecule has 8 nitrogen and oxygen atoms in total. The average molecular weight is 425 g/mol. The Labute approximate surface area is 173 Å². The number of nitrogens with zero attached hydrogens (tertiary/aromatic N) is 4. The van der Waals surface area contributed by atoms with Gasteiger partial charge in [0, 0.05) is 25.7 Å². The van der Waals surface area contributed by atoms with Gasteiger partial charge in [0.2, 0.25) is 15.9 Å². The van der Waals surface area contributed by atoms with Crippen LogP contribution in [0.25, 0.3) is 0 Å². The molecule has 1 aromatic heterocycles. The lowest BCUT2D eigenvalue weighted by atomic mass is 9.78. The first-order valence-corrected chi connectivity index (χ1v) is 12.2. The Kier molecular flexibility index (Phi) is 5.99. The first-order chi connectivity index (χ1) is 13.9. The maximum Gasteiger partial charge on any atom is 0.246 e. The van der Waals surface area contributed by atoms with Gasteiger partial charge in [-0.3, -0.25) is 9.48 Å². The summed E-state index contributed by atoms with van der Waals surface area (Å²) < 4.78 is 34.6. The molecule has 2 atom stereocenters. The lowest BCUT2D eigenvalue weighted by molar-refractivity contribution is -0.138. The normalized spacial score (nSPS) is 26.3. The average Bonchev–Trinajstić information content (AvgIpc) is 3.01. The minimum absolute atomic E-state index is 0.0579. The Morgan fingerprint density at radius 1 is 1.07 bits per heavy atom. The number of aromatic nitrogens is 2. The Morgan fingerprint density at radius 2 is 1.76 bits per heavy atom. The molecule has 1 aromatic rings. The van der Waals surface area contributed by atoms with E-state index in [1.54, 1.807) is 18.5 Å². The molecule has 4 rings (SSSR count). The predicted octanol–water partition coefficient (Wildman–Crippen LogP) is 1.70. The van der Waals surface area contributed by atoms with E-state index in [1.807, 2.05) is 4.90 Å². The second-order valence-corrected chi connectivity index (χ2v) is 10.4. The summed E-state index contributed by atoms with van der Waals surface area (Å²) >= 11 is 0. The Hall–Kier alpha value is -1.45. The topological polar surface area (TPSA) is 84.7 Å². The standard InChI is InChI=1S/C20H32N4O4S/c1-15-20(29(26,27)22-10-12-28-13-11-22)16(2)24(21-15)14-19(25)23-9-5-7-17-6-3-4-8-18(17)23/h17-18H,3-14H2,1-2H3/t17-,18-/m0/s1. The van der Waals surface area contributed by atoms with Crippen molar-refractivity contribution < 1.29 is 17.9 Å². The van der Waals surface area contributed by atoms with Crippen molar-refractivity contribution >= 4 is 15.9 Å². The highest BCUT2D eigenvalue weighted by atomic mass is 32.2. The molecule has 3 heterocycles. The van der Waals surface area contributed by atoms with E-state index in [0.29, 0.717) is 49.7 Å². The molecular weight excluding hydrogens is 392 g/mol. The van der Waals surface area contributed by atoms with Crippen LogP contribution in [0, 0.1) is 19.8 Å². The first-order valence-electron chi connectivity index (χ1n) is 10.8. The van der Waals surface area contributed by atoms with Gasteiger partial charge in [-0.1, -0.05) is 12.8 Å². The number of fused-ring (bicyclic) bond motifs is 1. The molecule has 3 aliphatic rings. The number of morpholine rings is 1. The van der Waals surface area contributed by atoms with Crippen LogP contribution < -0.4 is 0 Å². The van der Waals surface area contributed by atoms with E-state index < -0.39 is 10.0 Å². The summed E-state index contributed by atoms with van der Waals surface area (Å²) in [6.45, 7) is 5.87. The van der Waals surface area contributed by atoms with Crippen LogP contribution >= 0.6 is 0 Å². The number of amides is 1. The second kappa shape index (κ2) is 8.35. The Bertz CT molecular complexity index is 858. The van der Waals surface area contributed by atoms with Crippen molar-refractivity contribution in [2.45, 2.75) is 69.9 Å². The molecule has 29 heavy (non-hydrogen) atoms. The van der Waals surface area contributed by atoms with Crippen molar-refractivity contribution in [3.8, 4) is 0 Å². The third-order valence-electron chi connectivity index (χ3n) is 6.73. The summed E-state index contributed by atoms with van der Waals surface area (Å²) in [6, 6.07) is 0.346. The number of ether oxygens (including phenoxy) is 1. The minimum Gasteiger partial charge on any atom is -0.379 e. The van der Waals surface area contributed by atoms with Crippen LogP contribution in [0.4, 0.5) is 0 Å². The fourth-order valence-electron chi connectivity index (χ4n) is 5.28. The zero-order chi connectivity index (χ0) is 20.6. The Balaban J connectivity index is 1.54. The van der Waals surface area contributed by atoms with E-state index in [4.69, 9.17) is 4.74 Å². The lowest BCUT2D eigenvalue weighted by Gasteiger charge is -2.44. The summed E-state index contributed by atoms with van der Waals surface area (Å²) in [6.07, 6.45) is 7.04. The largest absolute Gasteiger partial charge is 0.379 e. The number of sulfonamides is 1. The zero-order valence-electron chi connectivity index (χ0n) is 17.5. The predicted molar refractivity (Wildman–Crippen MR) is 108 cm³/mol. The summed E-state index contributed by atoms with van der Waals surface area (Å²) in [5, 5.41) is 4.44. The van der Waals surface area contributed by atoms with E-state index in [2.05, 4.69) is 5.10 Å². The monoisotopic (exact) mass is 424 g/mol. The van der Waals surface area contributed by atoms with Crippen LogP contribution in [0.2, 0.25) is 0 Å². The summed E-state index contributed by atoms with van der Waals surface area (Å²) in [7, 11) is -3.64. The minimum atomic E-state index is -3.64. The third-order valence-corrected chi connectivity index (χ3v) is 8.88. The maximum absolute atomic E-state index is 13.1. The highest BCUT2D eigenvalue weighted by molar-refractivity contribution is 7.89. The number of carbonyl (C=O) groups excluding carboxylic acids is 1. The number of likely N-dealkylation sites (tertiary alicyclic amines) is 1. The van der Waals surface area contributed by atoms with E-state index in [-0.39, 0.29) is 17.3 Å². The van der Waals surface area contributed by atoms with Gasteiger partial charge in [0.1, 0.15) is 11.4 Å². The zero-order valence-corrected chi connectivity index (χ0v) is 18.3. The molecule has 0 spiro atoms. The molecule has 0 N–H and O–H groups in total. The van der Waals surface area contributed by atoms with Crippen LogP contribution in [0.15, 0.2) is 4.90 Å². The van der Waals surface area contributed by atoms with E-state index >= 15 is 0 Å². The summed E-state index contributed by atoms with van der Waals surface area (Å²) in [5.41, 5.74) is 0.996. The van der Waals surface area contributed by atoms with Crippen LogP contribution in [-0.4, -0.2) is 72.2 Å². The second-order valence-electron chi connectivity index (χ2n) is 8.52. The number of aryl methyl sites for hydroxylation is 1. The van der Waals surface area contributed by atoms with Gasteiger partial charge in [-0.15, -0.1) is 0 Å². The molecule has 0 radical (unpaired) electrons. The van der Waals surface area contributed by atoms with Crippen molar-refractivity contribution in [2.75, 3.05) is 32.8 Å². The van der Waals surface area contributed by atoms with Crippen molar-refractivity contribution in [3.05, 3.63) is 11.4 Å². The highest BCUT2D eigenvalue weighted by Crippen LogP contribution is 2.35. The van der Waals surface area contributed by atoms with Crippen molar-refractivity contribution in [1.29, 1.82) is 0 Å². The van der Waals surface area contributed by atoms with Crippen molar-refractivity contribution in [3.63, 3.8) is 0 Å². The van der Waals surface area contributed by atoms with Gasteiger partial charge >= 0.3 is 0 Å². The van der Waals surface area contributed by atoms with Crippen LogP contribution in [-0.2, 0) is 26.1 Å². The third kappa shape index (κ3) is 3.96. The summed E-state index contributed by atoms with van der Waals surface area (Å²) in [4.78, 5) is 15.4. The molecule has 2 saturated heterocycles. The number of rotatable bonds is 4. The molecule has 162 valence electrons. The smallest absolute Gasteiger partial charge is 0.246 e.